The third-order valence-electron chi connectivity index (χ3n) is 4.98. The van der Waals surface area contributed by atoms with Gasteiger partial charge in [0.05, 0.1) is 11.1 Å². The van der Waals surface area contributed by atoms with Gasteiger partial charge in [-0.1, -0.05) is 94.1 Å². The van der Waals surface area contributed by atoms with Crippen LogP contribution >= 0.6 is 0 Å². The zero-order valence-corrected chi connectivity index (χ0v) is 16.1. The van der Waals surface area contributed by atoms with Crippen LogP contribution in [0.2, 0.25) is 0 Å². The largest absolute Gasteiger partial charge is 0.478 e. The molecule has 3 nitrogen and oxygen atoms in total. The van der Waals surface area contributed by atoms with Crippen molar-refractivity contribution in [2.75, 3.05) is 0 Å². The third kappa shape index (κ3) is 5.31. The van der Waals surface area contributed by atoms with Crippen LogP contribution in [0.3, 0.4) is 0 Å². The maximum atomic E-state index is 12.1. The Balaban J connectivity index is 2.55. The molecule has 0 aromatic heterocycles. The lowest BCUT2D eigenvalue weighted by Gasteiger charge is -2.18. The Bertz CT molecular complexity index is 831. The molecule has 0 aliphatic heterocycles. The van der Waals surface area contributed by atoms with Gasteiger partial charge < -0.3 is 5.11 Å². The fourth-order valence-electron chi connectivity index (χ4n) is 3.42. The maximum absolute atomic E-state index is 12.1. The molecule has 0 aliphatic carbocycles. The topological polar surface area (TPSA) is 61.1 Å². The van der Waals surface area contributed by atoms with Gasteiger partial charge in [0.15, 0.2) is 0 Å². The van der Waals surface area contributed by atoms with Crippen molar-refractivity contribution < 1.29 is 9.90 Å². The number of hydrogen-bond acceptors (Lipinski definition) is 2. The molecule has 0 bridgehead atoms. The van der Waals surface area contributed by atoms with E-state index in [1.54, 1.807) is 12.1 Å². The highest BCUT2D eigenvalue weighted by Crippen LogP contribution is 2.31. The molecule has 2 aromatic carbocycles. The number of carbonyl (C=O) groups is 1. The Morgan fingerprint density at radius 2 is 1.74 bits per heavy atom. The maximum Gasteiger partial charge on any atom is 0.337 e. The summed E-state index contributed by atoms with van der Waals surface area (Å²) in [5, 5.41) is 19.7. The molecule has 2 aromatic rings. The van der Waals surface area contributed by atoms with Gasteiger partial charge in [-0.3, -0.25) is 0 Å². The predicted octanol–water partition coefficient (Wildman–Crippen LogP) is 5.96. The fourth-order valence-corrected chi connectivity index (χ4v) is 3.42. The molecule has 0 aliphatic rings. The summed E-state index contributed by atoms with van der Waals surface area (Å²) in [5.74, 6) is -0.548. The Kier molecular flexibility index (Phi) is 7.82. The molecule has 27 heavy (non-hydrogen) atoms. The molecule has 0 saturated heterocycles. The van der Waals surface area contributed by atoms with Gasteiger partial charge in [0.2, 0.25) is 0 Å². The van der Waals surface area contributed by atoms with Gasteiger partial charge in [0.25, 0.3) is 0 Å². The number of allylic oxidation sites excluding steroid dienone is 1. The van der Waals surface area contributed by atoms with Crippen LogP contribution in [-0.2, 0) is 11.2 Å². The highest BCUT2D eigenvalue weighted by atomic mass is 16.4. The van der Waals surface area contributed by atoms with Crippen LogP contribution in [0.5, 0.6) is 0 Å². The average Bonchev–Trinajstić information content (AvgIpc) is 2.70. The van der Waals surface area contributed by atoms with E-state index in [1.807, 2.05) is 42.5 Å². The zero-order chi connectivity index (χ0) is 19.6. The number of nitriles is 1. The minimum atomic E-state index is -1.07. The molecule has 1 unspecified atom stereocenters. The van der Waals surface area contributed by atoms with E-state index >= 15 is 0 Å². The number of carboxylic acids is 1. The lowest BCUT2D eigenvalue weighted by molar-refractivity contribution is -0.130. The normalized spacial score (nSPS) is 12.8. The van der Waals surface area contributed by atoms with Crippen LogP contribution in [-0.4, -0.2) is 11.1 Å². The van der Waals surface area contributed by atoms with Crippen molar-refractivity contribution in [1.29, 1.82) is 5.26 Å². The molecule has 0 saturated carbocycles. The van der Waals surface area contributed by atoms with Crippen LogP contribution in [0.4, 0.5) is 0 Å². The highest BCUT2D eigenvalue weighted by Gasteiger charge is 2.22. The van der Waals surface area contributed by atoms with Crippen molar-refractivity contribution in [3.63, 3.8) is 0 Å². The lowest BCUT2D eigenvalue weighted by atomic mass is 9.86. The van der Waals surface area contributed by atoms with Crippen molar-refractivity contribution in [2.45, 2.75) is 46.0 Å². The van der Waals surface area contributed by atoms with E-state index < -0.39 is 5.97 Å². The zero-order valence-electron chi connectivity index (χ0n) is 16.1. The fraction of sp³-hybridized carbons (Fsp3) is 0.333. The average molecular weight is 361 g/mol. The Labute approximate surface area is 162 Å². The minimum absolute atomic E-state index is 0.0876. The number of aliphatic carboxylic acids is 1. The summed E-state index contributed by atoms with van der Waals surface area (Å²) in [6.45, 7) is 4.37. The molecule has 0 radical (unpaired) electrons. The van der Waals surface area contributed by atoms with Gasteiger partial charge in [0, 0.05) is 0 Å². The summed E-state index contributed by atoms with van der Waals surface area (Å²) < 4.78 is 0. The number of nitrogens with zero attached hydrogens (tertiary/aromatic N) is 1. The molecular formula is C24H27NO2. The quantitative estimate of drug-likeness (QED) is 0.340. The van der Waals surface area contributed by atoms with Crippen molar-refractivity contribution in [3.05, 3.63) is 71.3 Å². The summed E-state index contributed by atoms with van der Waals surface area (Å²) in [4.78, 5) is 12.1. The number of hydrogen-bond donors (Lipinski definition) is 1. The van der Waals surface area contributed by atoms with Gasteiger partial charge >= 0.3 is 5.97 Å². The molecule has 0 spiro atoms. The van der Waals surface area contributed by atoms with Gasteiger partial charge in [-0.2, -0.15) is 5.26 Å². The molecular weight excluding hydrogens is 334 g/mol. The minimum Gasteiger partial charge on any atom is -0.478 e. The van der Waals surface area contributed by atoms with Crippen molar-refractivity contribution in [3.8, 4) is 6.07 Å². The summed E-state index contributed by atoms with van der Waals surface area (Å²) in [5.41, 5.74) is 2.58. The van der Waals surface area contributed by atoms with E-state index in [4.69, 9.17) is 0 Å². The van der Waals surface area contributed by atoms with Crippen LogP contribution in [0.15, 0.2) is 54.6 Å². The first-order valence-corrected chi connectivity index (χ1v) is 9.63. The number of carboxylic acid groups (broad SMARTS) is 1. The first-order valence-electron chi connectivity index (χ1n) is 9.63. The molecule has 2 rings (SSSR count). The van der Waals surface area contributed by atoms with E-state index in [1.165, 1.54) is 6.42 Å². The highest BCUT2D eigenvalue weighted by molar-refractivity contribution is 6.26. The second-order valence-corrected chi connectivity index (χ2v) is 6.81. The Morgan fingerprint density at radius 1 is 1.07 bits per heavy atom. The van der Waals surface area contributed by atoms with E-state index in [0.717, 1.165) is 31.2 Å². The Hall–Kier alpha value is -2.86. The smallest absolute Gasteiger partial charge is 0.337 e. The van der Waals surface area contributed by atoms with Crippen LogP contribution in [0.1, 0.15) is 56.2 Å². The van der Waals surface area contributed by atoms with E-state index in [9.17, 15) is 15.2 Å². The van der Waals surface area contributed by atoms with E-state index in [2.05, 4.69) is 19.9 Å². The van der Waals surface area contributed by atoms with Gasteiger partial charge in [0.1, 0.15) is 6.07 Å². The molecule has 1 atom stereocenters. The first-order chi connectivity index (χ1) is 13.1. The van der Waals surface area contributed by atoms with Crippen LogP contribution in [0.25, 0.3) is 11.1 Å². The van der Waals surface area contributed by atoms with E-state index in [-0.39, 0.29) is 11.1 Å². The molecule has 0 amide bonds. The molecule has 140 valence electrons. The Morgan fingerprint density at radius 3 is 2.33 bits per heavy atom. The van der Waals surface area contributed by atoms with Gasteiger partial charge in [-0.05, 0) is 29.0 Å². The molecule has 3 heteroatoms. The summed E-state index contributed by atoms with van der Waals surface area (Å²) in [7, 11) is 0. The van der Waals surface area contributed by atoms with Gasteiger partial charge in [-0.25, -0.2) is 4.79 Å². The van der Waals surface area contributed by atoms with Crippen LogP contribution < -0.4 is 0 Å². The van der Waals surface area contributed by atoms with Gasteiger partial charge in [-0.15, -0.1) is 0 Å². The van der Waals surface area contributed by atoms with Crippen molar-refractivity contribution in [2.24, 2.45) is 5.92 Å². The molecule has 0 heterocycles. The first kappa shape index (κ1) is 20.5. The predicted molar refractivity (Wildman–Crippen MR) is 110 cm³/mol. The SMILES string of the molecule is CCCCC(CC)Cc1ccccc1/C(C(=O)O)=C(/C#N)c1ccccc1. The van der Waals surface area contributed by atoms with Crippen molar-refractivity contribution in [1.82, 2.24) is 0 Å². The summed E-state index contributed by atoms with van der Waals surface area (Å²) in [6, 6.07) is 18.8. The standard InChI is InChI=1S/C24H27NO2/c1-3-5-11-18(4-2)16-20-14-9-10-15-21(20)23(24(26)27)22(17-25)19-12-7-6-8-13-19/h6-10,12-15,18H,3-5,11,16H2,1-2H3,(H,26,27)/b23-22+. The summed E-state index contributed by atoms with van der Waals surface area (Å²) in [6.07, 6.45) is 5.36. The second-order valence-electron chi connectivity index (χ2n) is 6.81. The number of benzene rings is 2. The number of unbranched alkanes of at least 4 members (excludes halogenated alkanes) is 1. The van der Waals surface area contributed by atoms with Crippen LogP contribution in [0, 0.1) is 17.2 Å². The van der Waals surface area contributed by atoms with E-state index in [0.29, 0.717) is 17.0 Å². The number of rotatable bonds is 9. The third-order valence-corrected chi connectivity index (χ3v) is 4.98. The lowest BCUT2D eigenvalue weighted by Crippen LogP contribution is -2.10. The molecule has 1 N–H and O–H groups in total. The molecule has 0 fully saturated rings. The second kappa shape index (κ2) is 10.3. The monoisotopic (exact) mass is 361 g/mol. The van der Waals surface area contributed by atoms with Crippen molar-refractivity contribution >= 4 is 17.1 Å². The summed E-state index contributed by atoms with van der Waals surface area (Å²) >= 11 is 0.